The Morgan fingerprint density at radius 1 is 1.25 bits per heavy atom. The number of carbonyl (C=O) groups is 1. The molecule has 16 heavy (non-hydrogen) atoms. The predicted molar refractivity (Wildman–Crippen MR) is 64.6 cm³/mol. The van der Waals surface area contributed by atoms with Gasteiger partial charge in [-0.15, -0.1) is 0 Å². The number of benzene rings is 1. The Labute approximate surface area is 97.0 Å². The number of para-hydroxylation sites is 1. The fourth-order valence-electron chi connectivity index (χ4n) is 1.44. The summed E-state index contributed by atoms with van der Waals surface area (Å²) in [5, 5.41) is 0. The summed E-state index contributed by atoms with van der Waals surface area (Å²) < 4.78 is 5.21. The van der Waals surface area contributed by atoms with Gasteiger partial charge < -0.3 is 9.64 Å². The highest BCUT2D eigenvalue weighted by Gasteiger charge is 2.18. The van der Waals surface area contributed by atoms with Crippen LogP contribution in [0.15, 0.2) is 30.3 Å². The van der Waals surface area contributed by atoms with E-state index in [0.29, 0.717) is 12.3 Å². The summed E-state index contributed by atoms with van der Waals surface area (Å²) in [6.07, 6.45) is -0.318. The lowest BCUT2D eigenvalue weighted by atomic mass is 9.96. The molecule has 0 N–H and O–H groups in total. The molecule has 3 heteroatoms. The van der Waals surface area contributed by atoms with Crippen LogP contribution in [0.1, 0.15) is 20.8 Å². The second-order valence-corrected chi connectivity index (χ2v) is 5.10. The van der Waals surface area contributed by atoms with Crippen molar-refractivity contribution in [2.45, 2.75) is 20.8 Å². The maximum atomic E-state index is 11.7. The van der Waals surface area contributed by atoms with Crippen LogP contribution in [0.2, 0.25) is 0 Å². The molecule has 1 rings (SSSR count). The second-order valence-electron chi connectivity index (χ2n) is 5.10. The predicted octanol–water partition coefficient (Wildman–Crippen LogP) is 3.16. The van der Waals surface area contributed by atoms with Gasteiger partial charge >= 0.3 is 6.09 Å². The zero-order valence-corrected chi connectivity index (χ0v) is 10.4. The number of amides is 1. The van der Waals surface area contributed by atoms with E-state index in [1.165, 1.54) is 0 Å². The van der Waals surface area contributed by atoms with E-state index >= 15 is 0 Å². The molecule has 0 aliphatic rings. The van der Waals surface area contributed by atoms with Crippen LogP contribution in [0.3, 0.4) is 0 Å². The number of ether oxygens (including phenoxy) is 1. The summed E-state index contributed by atoms with van der Waals surface area (Å²) in [5.41, 5.74) is 0.0739. The van der Waals surface area contributed by atoms with Crippen LogP contribution < -0.4 is 4.74 Å². The van der Waals surface area contributed by atoms with E-state index in [1.54, 1.807) is 24.1 Å². The molecule has 0 radical (unpaired) electrons. The molecule has 0 aromatic heterocycles. The molecule has 0 unspecified atom stereocenters. The average Bonchev–Trinajstić information content (AvgIpc) is 2.16. The summed E-state index contributed by atoms with van der Waals surface area (Å²) in [6, 6.07) is 9.10. The van der Waals surface area contributed by atoms with E-state index in [4.69, 9.17) is 4.74 Å². The third-order valence-corrected chi connectivity index (χ3v) is 1.97. The van der Waals surface area contributed by atoms with Crippen LogP contribution >= 0.6 is 0 Å². The van der Waals surface area contributed by atoms with Crippen molar-refractivity contribution in [3.8, 4) is 5.75 Å². The van der Waals surface area contributed by atoms with Gasteiger partial charge in [-0.25, -0.2) is 4.79 Å². The van der Waals surface area contributed by atoms with Crippen LogP contribution in [-0.4, -0.2) is 24.6 Å². The number of nitrogens with zero attached hydrogens (tertiary/aromatic N) is 1. The molecule has 0 atom stereocenters. The minimum Gasteiger partial charge on any atom is -0.410 e. The van der Waals surface area contributed by atoms with Gasteiger partial charge in [0.1, 0.15) is 5.75 Å². The monoisotopic (exact) mass is 221 g/mol. The second kappa shape index (κ2) is 5.01. The van der Waals surface area contributed by atoms with Gasteiger partial charge in [0.05, 0.1) is 0 Å². The van der Waals surface area contributed by atoms with Crippen molar-refractivity contribution in [2.75, 3.05) is 13.6 Å². The Morgan fingerprint density at radius 3 is 2.31 bits per heavy atom. The molecule has 0 saturated heterocycles. The molecule has 1 amide bonds. The number of rotatable bonds is 2. The highest BCUT2D eigenvalue weighted by molar-refractivity contribution is 5.70. The van der Waals surface area contributed by atoms with Crippen molar-refractivity contribution in [2.24, 2.45) is 5.41 Å². The Hall–Kier alpha value is -1.51. The Bertz CT molecular complexity index is 341. The van der Waals surface area contributed by atoms with Crippen LogP contribution in [0.4, 0.5) is 4.79 Å². The number of hydrogen-bond acceptors (Lipinski definition) is 2. The highest BCUT2D eigenvalue weighted by Crippen LogP contribution is 2.16. The van der Waals surface area contributed by atoms with Gasteiger partial charge in [-0.1, -0.05) is 39.0 Å². The normalized spacial score (nSPS) is 11.0. The fraction of sp³-hybridized carbons (Fsp3) is 0.462. The first-order chi connectivity index (χ1) is 7.38. The van der Waals surface area contributed by atoms with Gasteiger partial charge in [-0.05, 0) is 17.5 Å². The molecule has 1 aromatic rings. The van der Waals surface area contributed by atoms with Crippen LogP contribution in [0, 0.1) is 5.41 Å². The molecule has 3 nitrogen and oxygen atoms in total. The lowest BCUT2D eigenvalue weighted by molar-refractivity contribution is 0.146. The zero-order valence-electron chi connectivity index (χ0n) is 10.4. The van der Waals surface area contributed by atoms with Gasteiger partial charge in [-0.2, -0.15) is 0 Å². The third-order valence-electron chi connectivity index (χ3n) is 1.97. The van der Waals surface area contributed by atoms with Crippen molar-refractivity contribution >= 4 is 6.09 Å². The van der Waals surface area contributed by atoms with E-state index in [-0.39, 0.29) is 11.5 Å². The lowest BCUT2D eigenvalue weighted by Crippen LogP contribution is -2.36. The Morgan fingerprint density at radius 2 is 1.81 bits per heavy atom. The van der Waals surface area contributed by atoms with Gasteiger partial charge in [0.2, 0.25) is 0 Å². The summed E-state index contributed by atoms with van der Waals surface area (Å²) in [6.45, 7) is 6.91. The van der Waals surface area contributed by atoms with E-state index in [1.807, 2.05) is 18.2 Å². The topological polar surface area (TPSA) is 29.5 Å². The van der Waals surface area contributed by atoms with Crippen LogP contribution in [0.5, 0.6) is 5.75 Å². The SMILES string of the molecule is CN(CC(C)(C)C)C(=O)Oc1ccccc1. The van der Waals surface area contributed by atoms with Gasteiger partial charge in [-0.3, -0.25) is 0 Å². The smallest absolute Gasteiger partial charge is 0.410 e. The molecule has 0 bridgehead atoms. The fourth-order valence-corrected chi connectivity index (χ4v) is 1.44. The van der Waals surface area contributed by atoms with E-state index in [2.05, 4.69) is 20.8 Å². The van der Waals surface area contributed by atoms with Crippen molar-refractivity contribution in [1.82, 2.24) is 4.90 Å². The largest absolute Gasteiger partial charge is 0.414 e. The Balaban J connectivity index is 2.53. The molecule has 0 spiro atoms. The molecular weight excluding hydrogens is 202 g/mol. The Kier molecular flexibility index (Phi) is 3.93. The van der Waals surface area contributed by atoms with Crippen molar-refractivity contribution in [3.63, 3.8) is 0 Å². The standard InChI is InChI=1S/C13H19NO2/c1-13(2,3)10-14(4)12(15)16-11-8-6-5-7-9-11/h5-9H,10H2,1-4H3. The molecular formula is C13H19NO2. The summed E-state index contributed by atoms with van der Waals surface area (Å²) in [5.74, 6) is 0.577. The lowest BCUT2D eigenvalue weighted by Gasteiger charge is -2.25. The number of carbonyl (C=O) groups excluding carboxylic acids is 1. The minimum absolute atomic E-state index is 0.0739. The van der Waals surface area contributed by atoms with E-state index in [0.717, 1.165) is 0 Å². The van der Waals surface area contributed by atoms with E-state index in [9.17, 15) is 4.79 Å². The molecule has 0 heterocycles. The van der Waals surface area contributed by atoms with Gasteiger partial charge in [0.25, 0.3) is 0 Å². The maximum absolute atomic E-state index is 11.7. The summed E-state index contributed by atoms with van der Waals surface area (Å²) in [7, 11) is 1.75. The van der Waals surface area contributed by atoms with Crippen LogP contribution in [0.25, 0.3) is 0 Å². The van der Waals surface area contributed by atoms with Gasteiger partial charge in [0.15, 0.2) is 0 Å². The maximum Gasteiger partial charge on any atom is 0.414 e. The van der Waals surface area contributed by atoms with Crippen molar-refractivity contribution in [1.29, 1.82) is 0 Å². The first-order valence-electron chi connectivity index (χ1n) is 5.36. The van der Waals surface area contributed by atoms with Crippen molar-refractivity contribution < 1.29 is 9.53 Å². The molecule has 88 valence electrons. The molecule has 0 aliphatic heterocycles. The first-order valence-corrected chi connectivity index (χ1v) is 5.36. The van der Waals surface area contributed by atoms with Crippen molar-refractivity contribution in [3.05, 3.63) is 30.3 Å². The molecule has 0 fully saturated rings. The molecule has 1 aromatic carbocycles. The quantitative estimate of drug-likeness (QED) is 0.767. The summed E-state index contributed by atoms with van der Waals surface area (Å²) in [4.78, 5) is 13.3. The third kappa shape index (κ3) is 4.34. The summed E-state index contributed by atoms with van der Waals surface area (Å²) >= 11 is 0. The average molecular weight is 221 g/mol. The van der Waals surface area contributed by atoms with Crippen LogP contribution in [-0.2, 0) is 0 Å². The zero-order chi connectivity index (χ0) is 12.2. The van der Waals surface area contributed by atoms with E-state index < -0.39 is 0 Å². The minimum atomic E-state index is -0.318. The highest BCUT2D eigenvalue weighted by atomic mass is 16.6. The first kappa shape index (κ1) is 12.6. The number of hydrogen-bond donors (Lipinski definition) is 0. The molecule has 0 saturated carbocycles. The van der Waals surface area contributed by atoms with Gasteiger partial charge in [0, 0.05) is 13.6 Å². The molecule has 0 aliphatic carbocycles.